The molecule has 0 bridgehead atoms. The van der Waals surface area contributed by atoms with E-state index < -0.39 is 10.2 Å². The molecular weight excluding hydrogens is 236 g/mol. The zero-order valence-corrected chi connectivity index (χ0v) is 10.6. The van der Waals surface area contributed by atoms with Gasteiger partial charge in [0.2, 0.25) is 0 Å². The van der Waals surface area contributed by atoms with E-state index >= 15 is 0 Å². The first-order valence-corrected chi connectivity index (χ1v) is 7.41. The number of piperidine rings is 1. The van der Waals surface area contributed by atoms with Gasteiger partial charge in [0, 0.05) is 25.0 Å². The van der Waals surface area contributed by atoms with Crippen molar-refractivity contribution in [2.75, 3.05) is 19.0 Å². The molecule has 15 heavy (non-hydrogen) atoms. The third kappa shape index (κ3) is 3.90. The molecule has 1 rings (SSSR count). The maximum atomic E-state index is 11.9. The van der Waals surface area contributed by atoms with Crippen LogP contribution in [0.4, 0.5) is 0 Å². The van der Waals surface area contributed by atoms with Crippen molar-refractivity contribution in [1.82, 2.24) is 9.03 Å². The quantitative estimate of drug-likeness (QED) is 0.753. The van der Waals surface area contributed by atoms with Crippen LogP contribution < -0.4 is 4.72 Å². The maximum Gasteiger partial charge on any atom is 0.279 e. The molecule has 1 aliphatic heterocycles. The Morgan fingerprint density at radius 3 is 2.40 bits per heavy atom. The van der Waals surface area contributed by atoms with Crippen LogP contribution in [-0.4, -0.2) is 37.7 Å². The molecule has 0 amide bonds. The molecule has 0 saturated carbocycles. The van der Waals surface area contributed by atoms with Gasteiger partial charge in [-0.05, 0) is 19.3 Å². The number of nitrogens with one attached hydrogen (secondary N) is 1. The van der Waals surface area contributed by atoms with Crippen molar-refractivity contribution in [3.8, 4) is 0 Å². The van der Waals surface area contributed by atoms with Gasteiger partial charge < -0.3 is 0 Å². The zero-order valence-electron chi connectivity index (χ0n) is 9.08. The van der Waals surface area contributed by atoms with Gasteiger partial charge in [-0.25, -0.2) is 0 Å². The van der Waals surface area contributed by atoms with Crippen LogP contribution in [0.15, 0.2) is 0 Å². The van der Waals surface area contributed by atoms with Gasteiger partial charge in [-0.1, -0.05) is 13.3 Å². The molecule has 1 atom stereocenters. The van der Waals surface area contributed by atoms with Gasteiger partial charge in [0.15, 0.2) is 0 Å². The number of nitrogens with zero attached hydrogens (tertiary/aromatic N) is 1. The molecule has 1 N–H and O–H groups in total. The van der Waals surface area contributed by atoms with Gasteiger partial charge in [0.05, 0.1) is 0 Å². The first kappa shape index (κ1) is 13.2. The lowest BCUT2D eigenvalue weighted by Crippen LogP contribution is -2.47. The Bertz CT molecular complexity index is 272. The molecule has 1 aliphatic rings. The Balaban J connectivity index is 2.56. The molecule has 1 saturated heterocycles. The molecule has 1 heterocycles. The number of hydrogen-bond acceptors (Lipinski definition) is 2. The van der Waals surface area contributed by atoms with E-state index in [2.05, 4.69) is 4.72 Å². The van der Waals surface area contributed by atoms with Crippen molar-refractivity contribution in [3.63, 3.8) is 0 Å². The summed E-state index contributed by atoms with van der Waals surface area (Å²) in [5.74, 6) is 0.323. The number of halogens is 1. The van der Waals surface area contributed by atoms with Crippen LogP contribution >= 0.6 is 11.6 Å². The SMILES string of the molecule is CCC(CCl)NS(=O)(=O)N1CCCCC1. The summed E-state index contributed by atoms with van der Waals surface area (Å²) in [6.07, 6.45) is 3.76. The zero-order chi connectivity index (χ0) is 11.3. The lowest BCUT2D eigenvalue weighted by atomic mass is 10.2. The van der Waals surface area contributed by atoms with Gasteiger partial charge in [0.25, 0.3) is 10.2 Å². The van der Waals surface area contributed by atoms with E-state index in [4.69, 9.17) is 11.6 Å². The molecule has 0 aliphatic carbocycles. The fourth-order valence-electron chi connectivity index (χ4n) is 1.61. The number of hydrogen-bond donors (Lipinski definition) is 1. The fourth-order valence-corrected chi connectivity index (χ4v) is 3.56. The second-order valence-corrected chi connectivity index (χ2v) is 5.85. The number of alkyl halides is 1. The van der Waals surface area contributed by atoms with Gasteiger partial charge in [-0.2, -0.15) is 17.4 Å². The molecule has 0 radical (unpaired) electrons. The van der Waals surface area contributed by atoms with Crippen LogP contribution in [0.5, 0.6) is 0 Å². The molecule has 1 unspecified atom stereocenters. The summed E-state index contributed by atoms with van der Waals surface area (Å²) in [6.45, 7) is 3.19. The summed E-state index contributed by atoms with van der Waals surface area (Å²) in [7, 11) is -3.31. The summed E-state index contributed by atoms with van der Waals surface area (Å²) in [5.41, 5.74) is 0. The third-order valence-electron chi connectivity index (χ3n) is 2.65. The van der Waals surface area contributed by atoms with Crippen LogP contribution in [0.3, 0.4) is 0 Å². The van der Waals surface area contributed by atoms with Crippen LogP contribution in [0.1, 0.15) is 32.6 Å². The molecular formula is C9H19ClN2O2S. The second kappa shape index (κ2) is 6.03. The molecule has 0 aromatic heterocycles. The van der Waals surface area contributed by atoms with E-state index in [1.54, 1.807) is 0 Å². The average molecular weight is 255 g/mol. The van der Waals surface area contributed by atoms with Crippen LogP contribution in [0.2, 0.25) is 0 Å². The minimum Gasteiger partial charge on any atom is -0.198 e. The summed E-state index contributed by atoms with van der Waals surface area (Å²) in [4.78, 5) is 0. The molecule has 0 aromatic rings. The lowest BCUT2D eigenvalue weighted by Gasteiger charge is -2.27. The van der Waals surface area contributed by atoms with E-state index in [0.717, 1.165) is 25.7 Å². The Kier molecular flexibility index (Phi) is 5.32. The Hall–Kier alpha value is 0.160. The normalized spacial score (nSPS) is 21.5. The molecule has 4 nitrogen and oxygen atoms in total. The maximum absolute atomic E-state index is 11.9. The minimum atomic E-state index is -3.31. The smallest absolute Gasteiger partial charge is 0.198 e. The van der Waals surface area contributed by atoms with Gasteiger partial charge in [-0.3, -0.25) is 0 Å². The van der Waals surface area contributed by atoms with Crippen molar-refractivity contribution in [1.29, 1.82) is 0 Å². The second-order valence-electron chi connectivity index (χ2n) is 3.84. The Labute approximate surface area is 97.2 Å². The van der Waals surface area contributed by atoms with Gasteiger partial charge >= 0.3 is 0 Å². The van der Waals surface area contributed by atoms with Crippen LogP contribution in [0.25, 0.3) is 0 Å². The summed E-state index contributed by atoms with van der Waals surface area (Å²) < 4.78 is 27.9. The monoisotopic (exact) mass is 254 g/mol. The molecule has 0 aromatic carbocycles. The predicted molar refractivity (Wildman–Crippen MR) is 62.3 cm³/mol. The molecule has 1 fully saturated rings. The molecule has 6 heteroatoms. The topological polar surface area (TPSA) is 49.4 Å². The van der Waals surface area contributed by atoms with Crippen LogP contribution in [-0.2, 0) is 10.2 Å². The molecule has 0 spiro atoms. The summed E-state index contributed by atoms with van der Waals surface area (Å²) in [5, 5.41) is 0. The van der Waals surface area contributed by atoms with E-state index in [9.17, 15) is 8.42 Å². The Morgan fingerprint density at radius 1 is 1.33 bits per heavy atom. The predicted octanol–water partition coefficient (Wildman–Crippen LogP) is 1.32. The lowest BCUT2D eigenvalue weighted by molar-refractivity contribution is 0.339. The van der Waals surface area contributed by atoms with Crippen molar-refractivity contribution in [2.24, 2.45) is 0 Å². The first-order valence-electron chi connectivity index (χ1n) is 5.43. The highest BCUT2D eigenvalue weighted by atomic mass is 35.5. The minimum absolute atomic E-state index is 0.154. The van der Waals surface area contributed by atoms with Crippen molar-refractivity contribution in [2.45, 2.75) is 38.6 Å². The van der Waals surface area contributed by atoms with Crippen molar-refractivity contribution < 1.29 is 8.42 Å². The van der Waals surface area contributed by atoms with Crippen LogP contribution in [0, 0.1) is 0 Å². The fraction of sp³-hybridized carbons (Fsp3) is 1.00. The highest BCUT2D eigenvalue weighted by Gasteiger charge is 2.25. The number of rotatable bonds is 5. The first-order chi connectivity index (χ1) is 7.10. The average Bonchev–Trinajstić information content (AvgIpc) is 2.27. The molecule has 90 valence electrons. The standard InChI is InChI=1S/C9H19ClN2O2S/c1-2-9(8-10)11-15(13,14)12-6-4-3-5-7-12/h9,11H,2-8H2,1H3. The Morgan fingerprint density at radius 2 is 1.93 bits per heavy atom. The highest BCUT2D eigenvalue weighted by molar-refractivity contribution is 7.87. The third-order valence-corrected chi connectivity index (χ3v) is 4.70. The summed E-state index contributed by atoms with van der Waals surface area (Å²) in [6, 6.07) is -0.154. The van der Waals surface area contributed by atoms with Gasteiger partial charge in [0.1, 0.15) is 0 Å². The van der Waals surface area contributed by atoms with E-state index in [-0.39, 0.29) is 6.04 Å². The van der Waals surface area contributed by atoms with E-state index in [0.29, 0.717) is 19.0 Å². The largest absolute Gasteiger partial charge is 0.279 e. The summed E-state index contributed by atoms with van der Waals surface area (Å²) >= 11 is 5.67. The van der Waals surface area contributed by atoms with Gasteiger partial charge in [-0.15, -0.1) is 11.6 Å². The van der Waals surface area contributed by atoms with Crippen molar-refractivity contribution >= 4 is 21.8 Å². The van der Waals surface area contributed by atoms with Crippen molar-refractivity contribution in [3.05, 3.63) is 0 Å². The van der Waals surface area contributed by atoms with E-state index in [1.165, 1.54) is 4.31 Å². The van der Waals surface area contributed by atoms with E-state index in [1.807, 2.05) is 6.92 Å². The highest BCUT2D eigenvalue weighted by Crippen LogP contribution is 2.12.